The van der Waals surface area contributed by atoms with Crippen molar-refractivity contribution in [1.82, 2.24) is 14.5 Å². The van der Waals surface area contributed by atoms with Gasteiger partial charge in [0.2, 0.25) is 21.8 Å². The Labute approximate surface area is 207 Å². The average molecular weight is 496 g/mol. The SMILES string of the molecule is CCCNC(=O)C(C)N(CCc1ccccc1)C(=O)CN(C)S(=O)(=O)c1ccc2ccccc2c1. The number of rotatable bonds is 11. The quantitative estimate of drug-likeness (QED) is 0.442. The minimum absolute atomic E-state index is 0.121. The van der Waals surface area contributed by atoms with E-state index in [1.807, 2.05) is 61.5 Å². The third-order valence-corrected chi connectivity index (χ3v) is 7.79. The Hall–Kier alpha value is -3.23. The van der Waals surface area contributed by atoms with Crippen LogP contribution in [0, 0.1) is 0 Å². The molecule has 3 rings (SSSR count). The van der Waals surface area contributed by atoms with Gasteiger partial charge in [-0.1, -0.05) is 67.6 Å². The van der Waals surface area contributed by atoms with Gasteiger partial charge in [0.25, 0.3) is 0 Å². The number of sulfonamides is 1. The lowest BCUT2D eigenvalue weighted by Crippen LogP contribution is -2.51. The Bertz CT molecular complexity index is 1260. The summed E-state index contributed by atoms with van der Waals surface area (Å²) in [5.41, 5.74) is 1.03. The van der Waals surface area contributed by atoms with Gasteiger partial charge in [-0.05, 0) is 48.2 Å². The average Bonchev–Trinajstić information content (AvgIpc) is 2.87. The maximum Gasteiger partial charge on any atom is 0.243 e. The fraction of sp³-hybridized carbons (Fsp3) is 0.333. The third kappa shape index (κ3) is 6.68. The highest BCUT2D eigenvalue weighted by Gasteiger charge is 2.30. The van der Waals surface area contributed by atoms with Crippen LogP contribution in [0.5, 0.6) is 0 Å². The van der Waals surface area contributed by atoms with Crippen LogP contribution >= 0.6 is 0 Å². The molecule has 0 bridgehead atoms. The summed E-state index contributed by atoms with van der Waals surface area (Å²) in [6, 6.07) is 21.4. The van der Waals surface area contributed by atoms with Crippen molar-refractivity contribution in [1.29, 1.82) is 0 Å². The minimum Gasteiger partial charge on any atom is -0.354 e. The predicted octanol–water partition coefficient (Wildman–Crippen LogP) is 3.45. The van der Waals surface area contributed by atoms with Crippen LogP contribution in [0.25, 0.3) is 10.8 Å². The first kappa shape index (κ1) is 26.4. The summed E-state index contributed by atoms with van der Waals surface area (Å²) in [6.45, 7) is 4.07. The zero-order valence-corrected chi connectivity index (χ0v) is 21.3. The molecule has 0 saturated heterocycles. The lowest BCUT2D eigenvalue weighted by molar-refractivity contribution is -0.139. The molecule has 0 fully saturated rings. The summed E-state index contributed by atoms with van der Waals surface area (Å²) in [4.78, 5) is 27.6. The van der Waals surface area contributed by atoms with Crippen molar-refractivity contribution in [3.8, 4) is 0 Å². The molecule has 0 aliphatic heterocycles. The second-order valence-electron chi connectivity index (χ2n) is 8.56. The monoisotopic (exact) mass is 495 g/mol. The highest BCUT2D eigenvalue weighted by molar-refractivity contribution is 7.89. The van der Waals surface area contributed by atoms with E-state index in [0.717, 1.165) is 27.1 Å². The topological polar surface area (TPSA) is 86.8 Å². The second kappa shape index (κ2) is 12.0. The molecule has 8 heteroatoms. The van der Waals surface area contributed by atoms with E-state index in [0.29, 0.717) is 19.5 Å². The molecule has 0 heterocycles. The molecular formula is C27H33N3O4S. The third-order valence-electron chi connectivity index (χ3n) is 5.99. The first-order valence-corrected chi connectivity index (χ1v) is 13.2. The van der Waals surface area contributed by atoms with Crippen molar-refractivity contribution < 1.29 is 18.0 Å². The highest BCUT2D eigenvalue weighted by atomic mass is 32.2. The van der Waals surface area contributed by atoms with Crippen LogP contribution in [0.2, 0.25) is 0 Å². The normalized spacial score (nSPS) is 12.5. The van der Waals surface area contributed by atoms with E-state index < -0.39 is 22.0 Å². The first-order valence-electron chi connectivity index (χ1n) is 11.8. The summed E-state index contributed by atoms with van der Waals surface area (Å²) >= 11 is 0. The summed E-state index contributed by atoms with van der Waals surface area (Å²) in [5.74, 6) is -0.680. The molecule has 0 saturated carbocycles. The van der Waals surface area contributed by atoms with Crippen LogP contribution in [0.4, 0.5) is 0 Å². The molecule has 186 valence electrons. The van der Waals surface area contributed by atoms with Crippen molar-refractivity contribution >= 4 is 32.6 Å². The number of carbonyl (C=O) groups is 2. The van der Waals surface area contributed by atoms with Gasteiger partial charge in [-0.3, -0.25) is 9.59 Å². The zero-order chi connectivity index (χ0) is 25.4. The number of nitrogens with zero attached hydrogens (tertiary/aromatic N) is 2. The lowest BCUT2D eigenvalue weighted by Gasteiger charge is -2.30. The van der Waals surface area contributed by atoms with E-state index in [2.05, 4.69) is 5.32 Å². The van der Waals surface area contributed by atoms with E-state index in [9.17, 15) is 18.0 Å². The molecule has 1 unspecified atom stereocenters. The van der Waals surface area contributed by atoms with Gasteiger partial charge in [0, 0.05) is 20.1 Å². The van der Waals surface area contributed by atoms with E-state index >= 15 is 0 Å². The molecule has 0 aliphatic rings. The van der Waals surface area contributed by atoms with E-state index in [4.69, 9.17) is 0 Å². The van der Waals surface area contributed by atoms with Crippen LogP contribution in [0.15, 0.2) is 77.7 Å². The maximum absolute atomic E-state index is 13.3. The van der Waals surface area contributed by atoms with E-state index in [1.54, 1.807) is 25.1 Å². The molecule has 1 N–H and O–H groups in total. The van der Waals surface area contributed by atoms with Crippen LogP contribution in [0.3, 0.4) is 0 Å². The van der Waals surface area contributed by atoms with Gasteiger partial charge in [-0.25, -0.2) is 8.42 Å². The predicted molar refractivity (Wildman–Crippen MR) is 138 cm³/mol. The van der Waals surface area contributed by atoms with Gasteiger partial charge < -0.3 is 10.2 Å². The Morgan fingerprint density at radius 2 is 1.60 bits per heavy atom. The minimum atomic E-state index is -3.90. The highest BCUT2D eigenvalue weighted by Crippen LogP contribution is 2.21. The van der Waals surface area contributed by atoms with Crippen molar-refractivity contribution in [2.75, 3.05) is 26.7 Å². The molecule has 1 atom stereocenters. The van der Waals surface area contributed by atoms with Crippen LogP contribution in [-0.2, 0) is 26.0 Å². The van der Waals surface area contributed by atoms with Gasteiger partial charge >= 0.3 is 0 Å². The van der Waals surface area contributed by atoms with Gasteiger partial charge in [-0.15, -0.1) is 0 Å². The lowest BCUT2D eigenvalue weighted by atomic mass is 10.1. The van der Waals surface area contributed by atoms with Gasteiger partial charge in [-0.2, -0.15) is 4.31 Å². The number of amides is 2. The van der Waals surface area contributed by atoms with Crippen molar-refractivity contribution in [2.24, 2.45) is 0 Å². The smallest absolute Gasteiger partial charge is 0.243 e. The molecule has 0 spiro atoms. The van der Waals surface area contributed by atoms with Crippen LogP contribution < -0.4 is 5.32 Å². The van der Waals surface area contributed by atoms with Crippen molar-refractivity contribution in [2.45, 2.75) is 37.6 Å². The Morgan fingerprint density at radius 3 is 2.29 bits per heavy atom. The number of hydrogen-bond acceptors (Lipinski definition) is 4. The van der Waals surface area contributed by atoms with E-state index in [-0.39, 0.29) is 17.3 Å². The number of carbonyl (C=O) groups excluding carboxylic acids is 2. The molecule has 3 aromatic rings. The van der Waals surface area contributed by atoms with Crippen molar-refractivity contribution in [3.63, 3.8) is 0 Å². The van der Waals surface area contributed by atoms with Crippen LogP contribution in [0.1, 0.15) is 25.8 Å². The molecule has 7 nitrogen and oxygen atoms in total. The molecule has 0 aliphatic carbocycles. The number of benzene rings is 3. The first-order chi connectivity index (χ1) is 16.7. The Kier molecular flexibility index (Phi) is 9.01. The molecule has 0 radical (unpaired) electrons. The molecule has 2 amide bonds. The standard InChI is InChI=1S/C27H33N3O4S/c1-4-17-28-27(32)21(2)30(18-16-22-10-6-5-7-11-22)26(31)20-29(3)35(33,34)25-15-14-23-12-8-9-13-24(23)19-25/h5-15,19,21H,4,16-18,20H2,1-3H3,(H,28,32). The summed E-state index contributed by atoms with van der Waals surface area (Å²) in [5, 5.41) is 4.57. The Morgan fingerprint density at radius 1 is 0.943 bits per heavy atom. The van der Waals surface area contributed by atoms with E-state index in [1.165, 1.54) is 11.9 Å². The summed E-state index contributed by atoms with van der Waals surface area (Å²) in [6.07, 6.45) is 1.34. The molecular weight excluding hydrogens is 462 g/mol. The largest absolute Gasteiger partial charge is 0.354 e. The maximum atomic E-state index is 13.3. The number of nitrogens with one attached hydrogen (secondary N) is 1. The van der Waals surface area contributed by atoms with Crippen LogP contribution in [-0.4, -0.2) is 62.2 Å². The molecule has 35 heavy (non-hydrogen) atoms. The number of fused-ring (bicyclic) bond motifs is 1. The second-order valence-corrected chi connectivity index (χ2v) is 10.6. The number of likely N-dealkylation sites (N-methyl/N-ethyl adjacent to an activating group) is 1. The molecule has 0 aromatic heterocycles. The zero-order valence-electron chi connectivity index (χ0n) is 20.5. The Balaban J connectivity index is 1.78. The van der Waals surface area contributed by atoms with Gasteiger partial charge in [0.1, 0.15) is 6.04 Å². The summed E-state index contributed by atoms with van der Waals surface area (Å²) < 4.78 is 27.5. The van der Waals surface area contributed by atoms with Crippen molar-refractivity contribution in [3.05, 3.63) is 78.4 Å². The number of hydrogen-bond donors (Lipinski definition) is 1. The fourth-order valence-electron chi connectivity index (χ4n) is 3.84. The van der Waals surface area contributed by atoms with Gasteiger partial charge in [0.15, 0.2) is 0 Å². The van der Waals surface area contributed by atoms with Gasteiger partial charge in [0.05, 0.1) is 11.4 Å². The molecule has 3 aromatic carbocycles. The summed E-state index contributed by atoms with van der Waals surface area (Å²) in [7, 11) is -2.51. The fourth-order valence-corrected chi connectivity index (χ4v) is 5.00.